The minimum absolute atomic E-state index is 0.198. The average Bonchev–Trinajstić information content (AvgIpc) is 2.69. The molecule has 0 radical (unpaired) electrons. The first-order valence-electron chi connectivity index (χ1n) is 4.72. The zero-order chi connectivity index (χ0) is 11.7. The summed E-state index contributed by atoms with van der Waals surface area (Å²) in [7, 11) is 3.01. The van der Waals surface area contributed by atoms with Crippen molar-refractivity contribution in [2.75, 3.05) is 14.2 Å². The van der Waals surface area contributed by atoms with Crippen molar-refractivity contribution in [2.24, 2.45) is 0 Å². The molecule has 1 amide bonds. The second-order valence-corrected chi connectivity index (χ2v) is 3.81. The van der Waals surface area contributed by atoms with Gasteiger partial charge >= 0.3 is 0 Å². The Bertz CT molecular complexity index is 536. The van der Waals surface area contributed by atoms with Crippen LogP contribution in [0.1, 0.15) is 10.4 Å². The Morgan fingerprint density at radius 2 is 2.25 bits per heavy atom. The molecule has 1 aromatic heterocycles. The third kappa shape index (κ3) is 1.77. The summed E-state index contributed by atoms with van der Waals surface area (Å²) in [4.78, 5) is 19.7. The molecule has 84 valence electrons. The van der Waals surface area contributed by atoms with Crippen molar-refractivity contribution in [1.82, 2.24) is 10.0 Å². The summed E-state index contributed by atoms with van der Waals surface area (Å²) in [5, 5.41) is 2.64. The lowest BCUT2D eigenvalue weighted by Crippen LogP contribution is -2.25. The van der Waals surface area contributed by atoms with Gasteiger partial charge in [0.2, 0.25) is 0 Å². The quantitative estimate of drug-likeness (QED) is 0.817. The van der Waals surface area contributed by atoms with E-state index in [9.17, 15) is 4.79 Å². The van der Waals surface area contributed by atoms with E-state index in [1.807, 2.05) is 6.07 Å². The van der Waals surface area contributed by atoms with Crippen molar-refractivity contribution in [3.8, 4) is 0 Å². The number of hydroxylamine groups is 2. The molecular weight excluding hydrogens is 228 g/mol. The van der Waals surface area contributed by atoms with Crippen LogP contribution < -0.4 is 0 Å². The highest BCUT2D eigenvalue weighted by Gasteiger charge is 2.15. The van der Waals surface area contributed by atoms with E-state index in [2.05, 4.69) is 4.98 Å². The Labute approximate surface area is 97.7 Å². The number of halogens is 1. The van der Waals surface area contributed by atoms with E-state index >= 15 is 0 Å². The van der Waals surface area contributed by atoms with E-state index in [4.69, 9.17) is 16.4 Å². The molecule has 0 aliphatic heterocycles. The molecule has 1 N–H and O–H groups in total. The number of amides is 1. The molecule has 0 saturated carbocycles. The number of fused-ring (bicyclic) bond motifs is 1. The third-order valence-corrected chi connectivity index (χ3v) is 2.67. The fourth-order valence-corrected chi connectivity index (χ4v) is 1.70. The molecule has 0 saturated heterocycles. The summed E-state index contributed by atoms with van der Waals surface area (Å²) in [6.07, 6.45) is 1.65. The van der Waals surface area contributed by atoms with Gasteiger partial charge in [0.15, 0.2) is 0 Å². The first-order chi connectivity index (χ1) is 7.63. The summed E-state index contributed by atoms with van der Waals surface area (Å²) in [6, 6.07) is 5.34. The summed E-state index contributed by atoms with van der Waals surface area (Å²) < 4.78 is 0. The number of H-pyrrole nitrogens is 1. The van der Waals surface area contributed by atoms with Gasteiger partial charge < -0.3 is 4.98 Å². The van der Waals surface area contributed by atoms with Crippen LogP contribution in [-0.4, -0.2) is 30.1 Å². The minimum atomic E-state index is -0.198. The smallest absolute Gasteiger partial charge is 0.279 e. The van der Waals surface area contributed by atoms with Gasteiger partial charge in [-0.2, -0.15) is 0 Å². The molecule has 1 aromatic carbocycles. The number of rotatable bonds is 2. The molecule has 0 atom stereocenters. The molecule has 0 unspecified atom stereocenters. The molecule has 0 fully saturated rings. The van der Waals surface area contributed by atoms with Crippen molar-refractivity contribution in [2.45, 2.75) is 0 Å². The third-order valence-electron chi connectivity index (χ3n) is 2.43. The van der Waals surface area contributed by atoms with Crippen molar-refractivity contribution in [3.05, 3.63) is 35.0 Å². The van der Waals surface area contributed by atoms with Crippen LogP contribution in [0.3, 0.4) is 0 Å². The summed E-state index contributed by atoms with van der Waals surface area (Å²) in [6.45, 7) is 0. The molecule has 2 aromatic rings. The van der Waals surface area contributed by atoms with Crippen LogP contribution >= 0.6 is 11.6 Å². The normalized spacial score (nSPS) is 10.7. The van der Waals surface area contributed by atoms with Gasteiger partial charge in [0, 0.05) is 29.2 Å². The Morgan fingerprint density at radius 1 is 1.50 bits per heavy atom. The van der Waals surface area contributed by atoms with E-state index in [0.29, 0.717) is 10.6 Å². The van der Waals surface area contributed by atoms with Gasteiger partial charge in [-0.3, -0.25) is 9.63 Å². The molecule has 0 spiro atoms. The maximum Gasteiger partial charge on any atom is 0.279 e. The van der Waals surface area contributed by atoms with Crippen molar-refractivity contribution in [3.63, 3.8) is 0 Å². The maximum atomic E-state index is 11.9. The number of aromatic nitrogens is 1. The van der Waals surface area contributed by atoms with Crippen molar-refractivity contribution >= 4 is 28.4 Å². The molecule has 5 heteroatoms. The van der Waals surface area contributed by atoms with Gasteiger partial charge in [-0.15, -0.1) is 0 Å². The molecule has 4 nitrogen and oxygen atoms in total. The highest BCUT2D eigenvalue weighted by molar-refractivity contribution is 6.31. The van der Waals surface area contributed by atoms with Crippen LogP contribution in [0.15, 0.2) is 24.4 Å². The van der Waals surface area contributed by atoms with E-state index in [1.54, 1.807) is 25.4 Å². The van der Waals surface area contributed by atoms with E-state index in [-0.39, 0.29) is 5.91 Å². The summed E-state index contributed by atoms with van der Waals surface area (Å²) in [5.41, 5.74) is 1.40. The van der Waals surface area contributed by atoms with Gasteiger partial charge in [-0.1, -0.05) is 17.7 Å². The monoisotopic (exact) mass is 238 g/mol. The van der Waals surface area contributed by atoms with Crippen LogP contribution in [0.25, 0.3) is 10.9 Å². The zero-order valence-electron chi connectivity index (χ0n) is 8.95. The fraction of sp³-hybridized carbons (Fsp3) is 0.182. The van der Waals surface area contributed by atoms with Gasteiger partial charge in [0.1, 0.15) is 0 Å². The Hall–Kier alpha value is -1.52. The van der Waals surface area contributed by atoms with Crippen LogP contribution in [0.4, 0.5) is 0 Å². The molecule has 0 aliphatic rings. The number of hydrogen-bond donors (Lipinski definition) is 1. The van der Waals surface area contributed by atoms with Gasteiger partial charge in [-0.25, -0.2) is 5.06 Å². The Kier molecular flexibility index (Phi) is 2.85. The maximum absolute atomic E-state index is 11.9. The molecule has 16 heavy (non-hydrogen) atoms. The fourth-order valence-electron chi connectivity index (χ4n) is 1.53. The van der Waals surface area contributed by atoms with Crippen LogP contribution in [-0.2, 0) is 4.84 Å². The standard InChI is InChI=1S/C11H11ClN2O2/c1-14(16-2)11(15)9-6-13-10-5-7(12)3-4-8(9)10/h3-6,13H,1-2H3. The van der Waals surface area contributed by atoms with Crippen LogP contribution in [0.2, 0.25) is 5.02 Å². The van der Waals surface area contributed by atoms with E-state index in [1.165, 1.54) is 12.2 Å². The average molecular weight is 239 g/mol. The number of nitrogens with zero attached hydrogens (tertiary/aromatic N) is 1. The Morgan fingerprint density at radius 3 is 2.94 bits per heavy atom. The lowest BCUT2D eigenvalue weighted by molar-refractivity contribution is -0.0755. The van der Waals surface area contributed by atoms with E-state index < -0.39 is 0 Å². The van der Waals surface area contributed by atoms with Gasteiger partial charge in [0.25, 0.3) is 5.91 Å². The van der Waals surface area contributed by atoms with Crippen molar-refractivity contribution in [1.29, 1.82) is 0 Å². The molecule has 0 bridgehead atoms. The SMILES string of the molecule is CON(C)C(=O)c1c[nH]c2cc(Cl)ccc12. The first kappa shape index (κ1) is 11.0. The summed E-state index contributed by atoms with van der Waals surface area (Å²) in [5.74, 6) is -0.198. The molecule has 1 heterocycles. The van der Waals surface area contributed by atoms with Gasteiger partial charge in [-0.05, 0) is 12.1 Å². The lowest BCUT2D eigenvalue weighted by Gasteiger charge is -2.12. The first-order valence-corrected chi connectivity index (χ1v) is 5.10. The number of carbonyl (C=O) groups excluding carboxylic acids is 1. The number of benzene rings is 1. The second kappa shape index (κ2) is 4.15. The lowest BCUT2D eigenvalue weighted by atomic mass is 10.1. The summed E-state index contributed by atoms with van der Waals surface area (Å²) >= 11 is 5.86. The largest absolute Gasteiger partial charge is 0.360 e. The van der Waals surface area contributed by atoms with Crippen molar-refractivity contribution < 1.29 is 9.63 Å². The van der Waals surface area contributed by atoms with Crippen LogP contribution in [0.5, 0.6) is 0 Å². The predicted octanol–water partition coefficient (Wildman–Crippen LogP) is 2.45. The molecule has 0 aliphatic carbocycles. The molecule has 2 rings (SSSR count). The van der Waals surface area contributed by atoms with Crippen LogP contribution in [0, 0.1) is 0 Å². The Balaban J connectivity index is 2.50. The van der Waals surface area contributed by atoms with E-state index in [0.717, 1.165) is 10.9 Å². The predicted molar refractivity (Wildman–Crippen MR) is 62.4 cm³/mol. The molecular formula is C11H11ClN2O2. The highest BCUT2D eigenvalue weighted by Crippen LogP contribution is 2.22. The number of carbonyl (C=O) groups is 1. The second-order valence-electron chi connectivity index (χ2n) is 3.38. The van der Waals surface area contributed by atoms with Gasteiger partial charge in [0.05, 0.1) is 12.7 Å². The topological polar surface area (TPSA) is 45.3 Å². The number of aromatic amines is 1. The zero-order valence-corrected chi connectivity index (χ0v) is 9.71. The highest BCUT2D eigenvalue weighted by atomic mass is 35.5. The number of hydrogen-bond acceptors (Lipinski definition) is 2. The number of nitrogens with one attached hydrogen (secondary N) is 1. The minimum Gasteiger partial charge on any atom is -0.360 e.